The molecule has 0 spiro atoms. The molecule has 4 atom stereocenters. The third-order valence-electron chi connectivity index (χ3n) is 4.48. The van der Waals surface area contributed by atoms with Gasteiger partial charge in [0.2, 0.25) is 0 Å². The van der Waals surface area contributed by atoms with E-state index in [2.05, 4.69) is 5.32 Å². The Kier molecular flexibility index (Phi) is 3.84. The van der Waals surface area contributed by atoms with E-state index in [4.69, 9.17) is 0 Å². The first-order valence-electron chi connectivity index (χ1n) is 7.20. The molecule has 1 aromatic carbocycles. The smallest absolute Gasteiger partial charge is 0.189 e. The molecule has 1 saturated heterocycles. The molecule has 1 aromatic rings. The van der Waals surface area contributed by atoms with Crippen LogP contribution in [0.4, 0.5) is 4.39 Å². The topological polar surface area (TPSA) is 63.2 Å². The molecule has 2 aliphatic rings. The third kappa shape index (κ3) is 2.62. The second-order valence-electron chi connectivity index (χ2n) is 5.78. The first-order valence-corrected chi connectivity index (χ1v) is 8.75. The number of rotatable bonds is 2. The van der Waals surface area contributed by atoms with Crippen LogP contribution in [0.3, 0.4) is 0 Å². The lowest BCUT2D eigenvalue weighted by atomic mass is 9.78. The highest BCUT2D eigenvalue weighted by molar-refractivity contribution is 7.92. The zero-order chi connectivity index (χ0) is 15.0. The van der Waals surface area contributed by atoms with Crippen LogP contribution >= 0.6 is 0 Å². The molecule has 114 valence electrons. The summed E-state index contributed by atoms with van der Waals surface area (Å²) in [7, 11) is -3.71. The molecule has 6 heteroatoms. The summed E-state index contributed by atoms with van der Waals surface area (Å²) in [5.41, 5.74) is 0. The van der Waals surface area contributed by atoms with Crippen LogP contribution in [0, 0.1) is 5.92 Å². The molecule has 0 radical (unpaired) electrons. The van der Waals surface area contributed by atoms with Crippen molar-refractivity contribution in [1.82, 2.24) is 5.32 Å². The molecule has 1 heterocycles. The number of fused-ring (bicyclic) bond motifs is 1. The Labute approximate surface area is 123 Å². The number of carbonyl (C=O) groups excluding carboxylic acids is 1. The van der Waals surface area contributed by atoms with Crippen molar-refractivity contribution in [2.75, 3.05) is 6.54 Å². The fourth-order valence-electron chi connectivity index (χ4n) is 3.31. The number of Topliss-reactive ketones (excluding diaryl/α,β-unsaturated/α-hetero) is 1. The highest BCUT2D eigenvalue weighted by atomic mass is 32.2. The average molecular weight is 311 g/mol. The van der Waals surface area contributed by atoms with E-state index in [-0.39, 0.29) is 29.7 Å². The van der Waals surface area contributed by atoms with Gasteiger partial charge in [-0.1, -0.05) is 18.2 Å². The van der Waals surface area contributed by atoms with Gasteiger partial charge in [-0.3, -0.25) is 4.79 Å². The molecule has 1 aliphatic carbocycles. The number of nitrogens with one attached hydrogen (secondary N) is 1. The summed E-state index contributed by atoms with van der Waals surface area (Å²) >= 11 is 0. The van der Waals surface area contributed by atoms with Crippen molar-refractivity contribution in [3.05, 3.63) is 30.3 Å². The van der Waals surface area contributed by atoms with Gasteiger partial charge in [-0.2, -0.15) is 0 Å². The molecule has 1 N–H and O–H groups in total. The Hall–Kier alpha value is -1.27. The minimum atomic E-state index is -3.71. The monoisotopic (exact) mass is 311 g/mol. The minimum absolute atomic E-state index is 0.0771. The van der Waals surface area contributed by atoms with Gasteiger partial charge in [0.25, 0.3) is 0 Å². The largest absolute Gasteiger partial charge is 0.311 e. The zero-order valence-electron chi connectivity index (χ0n) is 11.5. The van der Waals surface area contributed by atoms with Gasteiger partial charge in [-0.15, -0.1) is 0 Å². The SMILES string of the molecule is O=C1C2CC(F)CCC2NCC1S(=O)(=O)c1ccccc1. The highest BCUT2D eigenvalue weighted by Crippen LogP contribution is 2.33. The van der Waals surface area contributed by atoms with Crippen LogP contribution in [0.2, 0.25) is 0 Å². The number of ketones is 1. The second kappa shape index (κ2) is 5.50. The first-order chi connectivity index (χ1) is 10.00. The molecule has 0 bridgehead atoms. The van der Waals surface area contributed by atoms with Gasteiger partial charge >= 0.3 is 0 Å². The molecular formula is C15H18FNO3S. The summed E-state index contributed by atoms with van der Waals surface area (Å²) < 4.78 is 38.7. The summed E-state index contributed by atoms with van der Waals surface area (Å²) in [4.78, 5) is 12.7. The summed E-state index contributed by atoms with van der Waals surface area (Å²) in [5.74, 6) is -0.851. The molecule has 4 nitrogen and oxygen atoms in total. The number of hydrogen-bond donors (Lipinski definition) is 1. The lowest BCUT2D eigenvalue weighted by Crippen LogP contribution is -2.58. The van der Waals surface area contributed by atoms with E-state index in [9.17, 15) is 17.6 Å². The van der Waals surface area contributed by atoms with Gasteiger partial charge < -0.3 is 5.32 Å². The molecule has 1 saturated carbocycles. The van der Waals surface area contributed by atoms with Gasteiger partial charge in [0.15, 0.2) is 15.6 Å². The van der Waals surface area contributed by atoms with Gasteiger partial charge in [0.1, 0.15) is 11.4 Å². The summed E-state index contributed by atoms with van der Waals surface area (Å²) in [6, 6.07) is 7.90. The predicted octanol–water partition coefficient (Wildman–Crippen LogP) is 1.51. The van der Waals surface area contributed by atoms with Crippen molar-refractivity contribution >= 4 is 15.6 Å². The fraction of sp³-hybridized carbons (Fsp3) is 0.533. The standard InChI is InChI=1S/C15H18FNO3S/c16-10-6-7-13-12(8-10)15(18)14(9-17-13)21(19,20)11-4-2-1-3-5-11/h1-5,10,12-14,17H,6-9H2. The van der Waals surface area contributed by atoms with Gasteiger partial charge in [-0.25, -0.2) is 12.8 Å². The maximum Gasteiger partial charge on any atom is 0.189 e. The first kappa shape index (κ1) is 14.7. The number of sulfone groups is 1. The average Bonchev–Trinajstić information content (AvgIpc) is 2.49. The quantitative estimate of drug-likeness (QED) is 0.899. The highest BCUT2D eigenvalue weighted by Gasteiger charge is 2.46. The molecule has 2 fully saturated rings. The Morgan fingerprint density at radius 3 is 2.57 bits per heavy atom. The molecule has 0 aromatic heterocycles. The number of carbonyl (C=O) groups is 1. The number of alkyl halides is 1. The molecule has 0 amide bonds. The third-order valence-corrected chi connectivity index (χ3v) is 6.56. The van der Waals surface area contributed by atoms with E-state index < -0.39 is 27.2 Å². The molecular weight excluding hydrogens is 293 g/mol. The van der Waals surface area contributed by atoms with Crippen molar-refractivity contribution in [2.24, 2.45) is 5.92 Å². The zero-order valence-corrected chi connectivity index (χ0v) is 12.4. The Balaban J connectivity index is 1.88. The number of benzene rings is 1. The maximum atomic E-state index is 13.5. The van der Waals surface area contributed by atoms with Crippen LogP contribution < -0.4 is 5.32 Å². The van der Waals surface area contributed by atoms with E-state index >= 15 is 0 Å². The van der Waals surface area contributed by atoms with Crippen LogP contribution in [-0.4, -0.2) is 38.2 Å². The molecule has 4 unspecified atom stereocenters. The van der Waals surface area contributed by atoms with Gasteiger partial charge in [-0.05, 0) is 31.4 Å². The van der Waals surface area contributed by atoms with Crippen LogP contribution in [0.5, 0.6) is 0 Å². The van der Waals surface area contributed by atoms with Crippen LogP contribution in [-0.2, 0) is 14.6 Å². The Bertz CT molecular complexity index is 632. The van der Waals surface area contributed by atoms with E-state index in [0.717, 1.165) is 0 Å². The van der Waals surface area contributed by atoms with Crippen molar-refractivity contribution in [3.8, 4) is 0 Å². The maximum absolute atomic E-state index is 13.5. The number of piperidine rings is 1. The van der Waals surface area contributed by atoms with Gasteiger partial charge in [0, 0.05) is 18.5 Å². The summed E-state index contributed by atoms with van der Waals surface area (Å²) in [5, 5.41) is 2.03. The van der Waals surface area contributed by atoms with E-state index in [1.165, 1.54) is 12.1 Å². The second-order valence-corrected chi connectivity index (χ2v) is 7.91. The van der Waals surface area contributed by atoms with Crippen molar-refractivity contribution in [1.29, 1.82) is 0 Å². The molecule has 1 aliphatic heterocycles. The fourth-order valence-corrected chi connectivity index (χ4v) is 4.97. The summed E-state index contributed by atoms with van der Waals surface area (Å²) in [6.07, 6.45) is 0.167. The summed E-state index contributed by atoms with van der Waals surface area (Å²) in [6.45, 7) is 0.119. The van der Waals surface area contributed by atoms with Crippen LogP contribution in [0.1, 0.15) is 19.3 Å². The molecule has 3 rings (SSSR count). The molecule has 21 heavy (non-hydrogen) atoms. The Morgan fingerprint density at radius 2 is 1.86 bits per heavy atom. The predicted molar refractivity (Wildman–Crippen MR) is 76.5 cm³/mol. The van der Waals surface area contributed by atoms with Crippen LogP contribution in [0.15, 0.2) is 35.2 Å². The van der Waals surface area contributed by atoms with Crippen LogP contribution in [0.25, 0.3) is 0 Å². The van der Waals surface area contributed by atoms with E-state index in [1.54, 1.807) is 18.2 Å². The normalized spacial score (nSPS) is 33.5. The minimum Gasteiger partial charge on any atom is -0.311 e. The lowest BCUT2D eigenvalue weighted by molar-refractivity contribution is -0.126. The van der Waals surface area contributed by atoms with Gasteiger partial charge in [0.05, 0.1) is 4.90 Å². The van der Waals surface area contributed by atoms with Crippen molar-refractivity contribution < 1.29 is 17.6 Å². The number of halogens is 1. The van der Waals surface area contributed by atoms with E-state index in [0.29, 0.717) is 12.8 Å². The van der Waals surface area contributed by atoms with Crippen molar-refractivity contribution in [3.63, 3.8) is 0 Å². The lowest BCUT2D eigenvalue weighted by Gasteiger charge is -2.39. The Morgan fingerprint density at radius 1 is 1.14 bits per heavy atom. The van der Waals surface area contributed by atoms with Crippen molar-refractivity contribution in [2.45, 2.75) is 41.6 Å². The van der Waals surface area contributed by atoms with E-state index in [1.807, 2.05) is 0 Å². The number of hydrogen-bond acceptors (Lipinski definition) is 4.